The highest BCUT2D eigenvalue weighted by Gasteiger charge is 2.46. The van der Waals surface area contributed by atoms with Gasteiger partial charge in [0.1, 0.15) is 5.75 Å². The second-order valence-electron chi connectivity index (χ2n) is 7.68. The Morgan fingerprint density at radius 1 is 0.895 bits per heavy atom. The molecule has 1 saturated carbocycles. The molecular weight excluding hydrogens is 232 g/mol. The first kappa shape index (κ1) is 12.8. The fourth-order valence-electron chi connectivity index (χ4n) is 3.85. The summed E-state index contributed by atoms with van der Waals surface area (Å²) in [4.78, 5) is 0. The predicted octanol–water partition coefficient (Wildman–Crippen LogP) is 3.05. The highest BCUT2D eigenvalue weighted by atomic mass is 16.3. The maximum atomic E-state index is 9.68. The van der Waals surface area contributed by atoms with Gasteiger partial charge in [-0.15, -0.1) is 0 Å². The molecule has 1 aromatic carbocycles. The molecule has 1 nitrogen and oxygen atoms in total. The van der Waals surface area contributed by atoms with Crippen LogP contribution >= 0.6 is 0 Å². The number of phenolic OH excluding ortho intramolecular Hbond substituents is 1. The Balaban J connectivity index is 2.22. The summed E-state index contributed by atoms with van der Waals surface area (Å²) in [6, 6.07) is 5.75. The largest absolute Gasteiger partial charge is 0.508 e. The van der Waals surface area contributed by atoms with Crippen molar-refractivity contribution in [3.8, 4) is 5.75 Å². The van der Waals surface area contributed by atoms with Gasteiger partial charge in [-0.2, -0.15) is 0 Å². The van der Waals surface area contributed by atoms with Gasteiger partial charge in [0.25, 0.3) is 0 Å². The Kier molecular flexibility index (Phi) is 2.61. The summed E-state index contributed by atoms with van der Waals surface area (Å²) in [5.74, 6) is 1.55. The molecule has 0 radical (unpaired) electrons. The lowest BCUT2D eigenvalue weighted by Gasteiger charge is -2.51. The Hall–Kier alpha value is -1.24. The lowest BCUT2D eigenvalue weighted by Crippen LogP contribution is -2.47. The summed E-state index contributed by atoms with van der Waals surface area (Å²) in [5.41, 5.74) is 0.714. The highest BCUT2D eigenvalue weighted by molar-refractivity contribution is 5.47. The van der Waals surface area contributed by atoms with E-state index >= 15 is 0 Å². The molecule has 0 aromatic heterocycles. The third-order valence-corrected chi connectivity index (χ3v) is 5.39. The lowest BCUT2D eigenvalue weighted by molar-refractivity contribution is 0.0504. The van der Waals surface area contributed by atoms with Crippen LogP contribution in [0.15, 0.2) is 18.2 Å². The van der Waals surface area contributed by atoms with Gasteiger partial charge in [0.05, 0.1) is 0 Å². The van der Waals surface area contributed by atoms with Gasteiger partial charge in [-0.3, -0.25) is 0 Å². The van der Waals surface area contributed by atoms with Crippen LogP contribution in [-0.2, 0) is 0 Å². The van der Waals surface area contributed by atoms with Crippen LogP contribution in [0.2, 0.25) is 0 Å². The van der Waals surface area contributed by atoms with Crippen molar-refractivity contribution in [2.75, 3.05) is 0 Å². The maximum Gasteiger partial charge on any atom is 0.116 e. The summed E-state index contributed by atoms with van der Waals surface area (Å²) in [7, 11) is 0. The van der Waals surface area contributed by atoms with Gasteiger partial charge in [0.2, 0.25) is 0 Å². The molecule has 1 N–H and O–H groups in total. The Labute approximate surface area is 115 Å². The molecule has 0 bridgehead atoms. The molecule has 2 atom stereocenters. The van der Waals surface area contributed by atoms with E-state index in [1.807, 2.05) is 6.07 Å². The minimum absolute atomic E-state index is 0.347. The zero-order valence-electron chi connectivity index (χ0n) is 12.4. The number of fused-ring (bicyclic) bond motifs is 2. The number of hydrogen-bond donors (Lipinski definition) is 1. The van der Waals surface area contributed by atoms with Crippen molar-refractivity contribution in [2.45, 2.75) is 40.5 Å². The monoisotopic (exact) mass is 256 g/mol. The number of rotatable bonds is 0. The van der Waals surface area contributed by atoms with Crippen LogP contribution in [0.25, 0.3) is 12.2 Å². The molecule has 2 aliphatic rings. The van der Waals surface area contributed by atoms with Crippen molar-refractivity contribution in [1.29, 1.82) is 0 Å². The number of aromatic hydroxyl groups is 1. The van der Waals surface area contributed by atoms with Gasteiger partial charge >= 0.3 is 0 Å². The third kappa shape index (κ3) is 2.00. The SMILES string of the molecule is CC1(C)CCC(C)(C)C2C=c3cc(O)ccc3=CC21. The molecule has 2 unspecified atom stereocenters. The molecule has 0 amide bonds. The Morgan fingerprint density at radius 2 is 1.42 bits per heavy atom. The number of hydrogen-bond acceptors (Lipinski definition) is 1. The van der Waals surface area contributed by atoms with E-state index in [0.29, 0.717) is 28.4 Å². The van der Waals surface area contributed by atoms with Crippen LogP contribution < -0.4 is 10.4 Å². The predicted molar refractivity (Wildman–Crippen MR) is 80.1 cm³/mol. The average molecular weight is 256 g/mol. The average Bonchev–Trinajstić information content (AvgIpc) is 2.33. The van der Waals surface area contributed by atoms with Gasteiger partial charge in [0.15, 0.2) is 0 Å². The Morgan fingerprint density at radius 3 is 2.00 bits per heavy atom. The molecule has 0 spiro atoms. The summed E-state index contributed by atoms with van der Waals surface area (Å²) in [6.07, 6.45) is 7.42. The smallest absolute Gasteiger partial charge is 0.116 e. The van der Waals surface area contributed by atoms with E-state index in [0.717, 1.165) is 0 Å². The van der Waals surface area contributed by atoms with Crippen molar-refractivity contribution >= 4 is 12.2 Å². The van der Waals surface area contributed by atoms with Crippen molar-refractivity contribution < 1.29 is 5.11 Å². The van der Waals surface area contributed by atoms with Crippen LogP contribution in [-0.4, -0.2) is 5.11 Å². The van der Waals surface area contributed by atoms with Crippen LogP contribution in [0, 0.1) is 22.7 Å². The first-order chi connectivity index (χ1) is 8.79. The minimum atomic E-state index is 0.347. The van der Waals surface area contributed by atoms with E-state index in [2.05, 4.69) is 45.9 Å². The molecule has 1 heteroatoms. The van der Waals surface area contributed by atoms with Gasteiger partial charge < -0.3 is 5.11 Å². The quantitative estimate of drug-likeness (QED) is 0.756. The van der Waals surface area contributed by atoms with Gasteiger partial charge in [-0.1, -0.05) is 45.9 Å². The fourth-order valence-corrected chi connectivity index (χ4v) is 3.85. The van der Waals surface area contributed by atoms with E-state index in [1.54, 1.807) is 6.07 Å². The van der Waals surface area contributed by atoms with Crippen molar-refractivity contribution in [1.82, 2.24) is 0 Å². The summed E-state index contributed by atoms with van der Waals surface area (Å²) >= 11 is 0. The molecule has 0 heterocycles. The zero-order valence-corrected chi connectivity index (χ0v) is 12.4. The summed E-state index contributed by atoms with van der Waals surface area (Å²) < 4.78 is 0. The van der Waals surface area contributed by atoms with Crippen LogP contribution in [0.5, 0.6) is 5.75 Å². The van der Waals surface area contributed by atoms with Gasteiger partial charge in [0, 0.05) is 0 Å². The van der Waals surface area contributed by atoms with E-state index in [9.17, 15) is 5.11 Å². The van der Waals surface area contributed by atoms with Gasteiger partial charge in [-0.25, -0.2) is 0 Å². The second kappa shape index (κ2) is 3.88. The molecule has 1 aromatic rings. The van der Waals surface area contributed by atoms with Crippen LogP contribution in [0.4, 0.5) is 0 Å². The second-order valence-corrected chi connectivity index (χ2v) is 7.68. The molecule has 102 valence electrons. The highest BCUT2D eigenvalue weighted by Crippen LogP contribution is 2.54. The Bertz CT molecular complexity index is 622. The number of phenols is 1. The first-order valence-electron chi connectivity index (χ1n) is 7.32. The molecule has 0 saturated heterocycles. The molecule has 19 heavy (non-hydrogen) atoms. The normalized spacial score (nSPS) is 30.5. The fraction of sp³-hybridized carbons (Fsp3) is 0.556. The van der Waals surface area contributed by atoms with E-state index in [4.69, 9.17) is 0 Å². The van der Waals surface area contributed by atoms with Crippen molar-refractivity contribution in [3.05, 3.63) is 28.6 Å². The molecule has 1 fully saturated rings. The van der Waals surface area contributed by atoms with Crippen LogP contribution in [0.1, 0.15) is 40.5 Å². The molecular formula is C18H24O. The van der Waals surface area contributed by atoms with Crippen molar-refractivity contribution in [3.63, 3.8) is 0 Å². The third-order valence-electron chi connectivity index (χ3n) is 5.39. The van der Waals surface area contributed by atoms with Gasteiger partial charge in [-0.05, 0) is 58.1 Å². The lowest BCUT2D eigenvalue weighted by atomic mass is 9.53. The van der Waals surface area contributed by atoms with E-state index < -0.39 is 0 Å². The topological polar surface area (TPSA) is 20.2 Å². The van der Waals surface area contributed by atoms with E-state index in [1.165, 1.54) is 23.3 Å². The van der Waals surface area contributed by atoms with Crippen LogP contribution in [0.3, 0.4) is 0 Å². The van der Waals surface area contributed by atoms with Crippen molar-refractivity contribution in [2.24, 2.45) is 22.7 Å². The molecule has 3 rings (SSSR count). The molecule has 2 aliphatic carbocycles. The summed E-state index contributed by atoms with van der Waals surface area (Å²) in [5, 5.41) is 12.2. The standard InChI is InChI=1S/C18H24O/c1-17(2)7-8-18(3,4)16-11-13-9-14(19)6-5-12(13)10-15(16)17/h5-6,9-11,15-16,19H,7-8H2,1-4H3. The van der Waals surface area contributed by atoms with E-state index in [-0.39, 0.29) is 0 Å². The minimum Gasteiger partial charge on any atom is -0.508 e. The summed E-state index contributed by atoms with van der Waals surface area (Å²) in [6.45, 7) is 9.57. The molecule has 0 aliphatic heterocycles. The zero-order chi connectivity index (χ0) is 13.8. The first-order valence-corrected chi connectivity index (χ1v) is 7.32. The maximum absolute atomic E-state index is 9.68. The number of benzene rings is 1.